The van der Waals surface area contributed by atoms with Crippen LogP contribution in [0.1, 0.15) is 25.0 Å². The molecule has 2 heteroatoms. The third kappa shape index (κ3) is 5.84. The van der Waals surface area contributed by atoms with E-state index in [1.807, 2.05) is 24.3 Å². The summed E-state index contributed by atoms with van der Waals surface area (Å²) in [7, 11) is 0. The fourth-order valence-electron chi connectivity index (χ4n) is 8.46. The first-order valence-electron chi connectivity index (χ1n) is 19.0. The van der Waals surface area contributed by atoms with Crippen LogP contribution in [0, 0.1) is 0 Å². The van der Waals surface area contributed by atoms with Crippen molar-refractivity contribution in [1.82, 2.24) is 9.97 Å². The van der Waals surface area contributed by atoms with Crippen molar-refractivity contribution in [3.8, 4) is 78.4 Å². The van der Waals surface area contributed by atoms with Crippen LogP contribution >= 0.6 is 0 Å². The van der Waals surface area contributed by atoms with Crippen LogP contribution in [0.3, 0.4) is 0 Å². The standard InChI is InChI=1S/C53H38N2/c1-53(2)48-30-28-42(33-47(48)46-29-27-38-15-9-10-22-45(38)51(46)53)37-25-23-36(24-26-37)41-19-12-21-44(32-41)50-34-49(54-52(55-50)39-16-7-4-8-17-39)43-20-11-18-40(31-43)35-13-5-3-6-14-35/h3-34H,1-2H3. The molecule has 1 aromatic heterocycles. The van der Waals surface area contributed by atoms with Crippen molar-refractivity contribution in [1.29, 1.82) is 0 Å². The van der Waals surface area contributed by atoms with Gasteiger partial charge in [-0.2, -0.15) is 0 Å². The second-order valence-corrected chi connectivity index (χ2v) is 15.0. The van der Waals surface area contributed by atoms with Crippen molar-refractivity contribution < 1.29 is 0 Å². The first-order chi connectivity index (χ1) is 27.0. The van der Waals surface area contributed by atoms with Crippen molar-refractivity contribution in [2.75, 3.05) is 0 Å². The third-order valence-corrected chi connectivity index (χ3v) is 11.3. The second kappa shape index (κ2) is 13.2. The van der Waals surface area contributed by atoms with Crippen LogP contribution in [0.5, 0.6) is 0 Å². The quantitative estimate of drug-likeness (QED) is 0.172. The number of nitrogens with zero attached hydrogens (tertiary/aromatic N) is 2. The average Bonchev–Trinajstić information content (AvgIpc) is 3.49. The molecule has 55 heavy (non-hydrogen) atoms. The fraction of sp³-hybridized carbons (Fsp3) is 0.0566. The lowest BCUT2D eigenvalue weighted by atomic mass is 9.80. The molecule has 0 N–H and O–H groups in total. The van der Waals surface area contributed by atoms with Crippen LogP contribution in [0.25, 0.3) is 89.2 Å². The zero-order valence-electron chi connectivity index (χ0n) is 30.9. The Morgan fingerprint density at radius 1 is 0.345 bits per heavy atom. The van der Waals surface area contributed by atoms with Gasteiger partial charge < -0.3 is 0 Å². The normalized spacial score (nSPS) is 12.7. The molecule has 0 bridgehead atoms. The minimum atomic E-state index is -0.0581. The van der Waals surface area contributed by atoms with Crippen molar-refractivity contribution in [2.45, 2.75) is 19.3 Å². The predicted octanol–water partition coefficient (Wildman–Crippen LogP) is 13.9. The summed E-state index contributed by atoms with van der Waals surface area (Å²) in [5.74, 6) is 0.710. The van der Waals surface area contributed by atoms with E-state index in [1.54, 1.807) is 0 Å². The molecule has 0 unspecified atom stereocenters. The van der Waals surface area contributed by atoms with Gasteiger partial charge in [0.05, 0.1) is 11.4 Å². The lowest BCUT2D eigenvalue weighted by molar-refractivity contribution is 0.666. The highest BCUT2D eigenvalue weighted by molar-refractivity contribution is 5.98. The number of aromatic nitrogens is 2. The molecule has 1 aliphatic carbocycles. The summed E-state index contributed by atoms with van der Waals surface area (Å²) in [6.07, 6.45) is 0. The van der Waals surface area contributed by atoms with Gasteiger partial charge in [0.25, 0.3) is 0 Å². The lowest BCUT2D eigenvalue weighted by Crippen LogP contribution is -2.15. The minimum Gasteiger partial charge on any atom is -0.228 e. The molecule has 0 saturated carbocycles. The van der Waals surface area contributed by atoms with E-state index in [1.165, 1.54) is 49.7 Å². The second-order valence-electron chi connectivity index (χ2n) is 15.0. The maximum atomic E-state index is 5.13. The number of rotatable bonds is 6. The Labute approximate surface area is 322 Å². The van der Waals surface area contributed by atoms with Crippen molar-refractivity contribution >= 4 is 10.8 Å². The summed E-state index contributed by atoms with van der Waals surface area (Å²) in [6, 6.07) is 69.5. The van der Waals surface area contributed by atoms with Crippen molar-refractivity contribution in [3.05, 3.63) is 205 Å². The smallest absolute Gasteiger partial charge is 0.160 e. The first kappa shape index (κ1) is 32.7. The molecule has 9 aromatic rings. The molecular formula is C53H38N2. The molecule has 2 nitrogen and oxygen atoms in total. The summed E-state index contributed by atoms with van der Waals surface area (Å²) in [5, 5.41) is 2.65. The molecule has 0 radical (unpaired) electrons. The van der Waals surface area contributed by atoms with Crippen LogP contribution in [0.2, 0.25) is 0 Å². The van der Waals surface area contributed by atoms with Crippen LogP contribution < -0.4 is 0 Å². The van der Waals surface area contributed by atoms with Crippen LogP contribution in [0.4, 0.5) is 0 Å². The summed E-state index contributed by atoms with van der Waals surface area (Å²) < 4.78 is 0. The average molecular weight is 703 g/mol. The van der Waals surface area contributed by atoms with E-state index in [-0.39, 0.29) is 5.41 Å². The Balaban J connectivity index is 0.996. The van der Waals surface area contributed by atoms with Gasteiger partial charge in [0.1, 0.15) is 0 Å². The van der Waals surface area contributed by atoms with Gasteiger partial charge in [-0.15, -0.1) is 0 Å². The highest BCUT2D eigenvalue weighted by Crippen LogP contribution is 2.52. The molecule has 0 fully saturated rings. The van der Waals surface area contributed by atoms with Gasteiger partial charge in [-0.25, -0.2) is 9.97 Å². The molecule has 10 rings (SSSR count). The van der Waals surface area contributed by atoms with Gasteiger partial charge in [0.2, 0.25) is 0 Å². The molecule has 0 atom stereocenters. The van der Waals surface area contributed by atoms with Gasteiger partial charge in [0.15, 0.2) is 5.82 Å². The third-order valence-electron chi connectivity index (χ3n) is 11.3. The Morgan fingerprint density at radius 3 is 1.47 bits per heavy atom. The lowest BCUT2D eigenvalue weighted by Gasteiger charge is -2.23. The number of fused-ring (bicyclic) bond motifs is 5. The zero-order chi connectivity index (χ0) is 36.9. The molecule has 1 aliphatic rings. The first-order valence-corrected chi connectivity index (χ1v) is 19.0. The zero-order valence-corrected chi connectivity index (χ0v) is 30.9. The fourth-order valence-corrected chi connectivity index (χ4v) is 8.46. The topological polar surface area (TPSA) is 25.8 Å². The molecule has 0 aliphatic heterocycles. The van der Waals surface area contributed by atoms with Gasteiger partial charge in [-0.1, -0.05) is 184 Å². The van der Waals surface area contributed by atoms with Crippen LogP contribution in [-0.2, 0) is 5.41 Å². The summed E-state index contributed by atoms with van der Waals surface area (Å²) >= 11 is 0. The molecule has 0 spiro atoms. The maximum Gasteiger partial charge on any atom is 0.160 e. The Kier molecular flexibility index (Phi) is 7.85. The molecular weight excluding hydrogens is 665 g/mol. The molecule has 8 aromatic carbocycles. The van der Waals surface area contributed by atoms with Crippen molar-refractivity contribution in [2.24, 2.45) is 0 Å². The molecule has 260 valence electrons. The molecule has 0 amide bonds. The van der Waals surface area contributed by atoms with Crippen molar-refractivity contribution in [3.63, 3.8) is 0 Å². The van der Waals surface area contributed by atoms with Gasteiger partial charge >= 0.3 is 0 Å². The van der Waals surface area contributed by atoms with Gasteiger partial charge in [-0.05, 0) is 90.7 Å². The Bertz CT molecular complexity index is 2870. The van der Waals surface area contributed by atoms with Gasteiger partial charge in [0, 0.05) is 22.1 Å². The van der Waals surface area contributed by atoms with E-state index in [2.05, 4.69) is 184 Å². The summed E-state index contributed by atoms with van der Waals surface area (Å²) in [5.41, 5.74) is 17.4. The summed E-state index contributed by atoms with van der Waals surface area (Å²) in [4.78, 5) is 10.2. The van der Waals surface area contributed by atoms with Crippen LogP contribution in [0.15, 0.2) is 194 Å². The number of hydrogen-bond acceptors (Lipinski definition) is 2. The van der Waals surface area contributed by atoms with Crippen LogP contribution in [-0.4, -0.2) is 9.97 Å². The highest BCUT2D eigenvalue weighted by atomic mass is 14.9. The largest absolute Gasteiger partial charge is 0.228 e. The van der Waals surface area contributed by atoms with E-state index < -0.39 is 0 Å². The number of hydrogen-bond donors (Lipinski definition) is 0. The summed E-state index contributed by atoms with van der Waals surface area (Å²) in [6.45, 7) is 4.72. The Hall–Kier alpha value is -6.90. The maximum absolute atomic E-state index is 5.13. The van der Waals surface area contributed by atoms with Gasteiger partial charge in [-0.3, -0.25) is 0 Å². The minimum absolute atomic E-state index is 0.0581. The Morgan fingerprint density at radius 2 is 0.836 bits per heavy atom. The predicted molar refractivity (Wildman–Crippen MR) is 230 cm³/mol. The van der Waals surface area contributed by atoms with E-state index in [0.29, 0.717) is 5.82 Å². The SMILES string of the molecule is CC1(C)c2ccc(-c3ccc(-c4cccc(-c5cc(-c6cccc(-c7ccccc7)c6)nc(-c6ccccc6)n5)c4)cc3)cc2-c2ccc3ccccc3c21. The van der Waals surface area contributed by atoms with E-state index in [9.17, 15) is 0 Å². The van der Waals surface area contributed by atoms with E-state index in [4.69, 9.17) is 9.97 Å². The van der Waals surface area contributed by atoms with E-state index in [0.717, 1.165) is 44.8 Å². The molecule has 1 heterocycles. The number of benzene rings is 8. The van der Waals surface area contributed by atoms with E-state index >= 15 is 0 Å². The monoisotopic (exact) mass is 702 g/mol. The highest BCUT2D eigenvalue weighted by Gasteiger charge is 2.36. The molecule has 0 saturated heterocycles.